The second-order valence-electron chi connectivity index (χ2n) is 3.92. The zero-order valence-electron chi connectivity index (χ0n) is 9.41. The number of nitrogens with one attached hydrogen (secondary N) is 1. The molecule has 0 aliphatic carbocycles. The highest BCUT2D eigenvalue weighted by Crippen LogP contribution is 2.18. The quantitative estimate of drug-likeness (QED) is 0.731. The Kier molecular flexibility index (Phi) is 3.97. The third-order valence-corrected chi connectivity index (χ3v) is 2.58. The van der Waals surface area contributed by atoms with Crippen LogP contribution in [0, 0.1) is 0 Å². The molecule has 0 amide bonds. The van der Waals surface area contributed by atoms with Crippen LogP contribution < -0.4 is 11.1 Å². The van der Waals surface area contributed by atoms with E-state index in [-0.39, 0.29) is 0 Å². The Morgan fingerprint density at radius 2 is 2.06 bits per heavy atom. The number of rotatable bonds is 6. The number of unbranched alkanes of at least 4 members (excludes halogenated alkanes) is 1. The summed E-state index contributed by atoms with van der Waals surface area (Å²) in [5.74, 6) is 0.994. The number of benzene rings is 1. The lowest BCUT2D eigenvalue weighted by molar-refractivity contribution is 0.508. The summed E-state index contributed by atoms with van der Waals surface area (Å²) >= 11 is 0. The molecule has 3 N–H and O–H groups in total. The maximum absolute atomic E-state index is 5.69. The minimum absolute atomic E-state index is 0.770. The van der Waals surface area contributed by atoms with Gasteiger partial charge in [-0.3, -0.25) is 0 Å². The minimum atomic E-state index is 0.770. The summed E-state index contributed by atoms with van der Waals surface area (Å²) in [4.78, 5) is 0. The van der Waals surface area contributed by atoms with E-state index in [0.29, 0.717) is 0 Å². The minimum Gasteiger partial charge on any atom is -0.460 e. The van der Waals surface area contributed by atoms with Crippen molar-refractivity contribution in [1.29, 1.82) is 0 Å². The molecule has 0 atom stereocenters. The Morgan fingerprint density at radius 3 is 2.88 bits per heavy atom. The van der Waals surface area contributed by atoms with Crippen molar-refractivity contribution in [2.24, 2.45) is 5.73 Å². The lowest BCUT2D eigenvalue weighted by Crippen LogP contribution is -2.15. The lowest BCUT2D eigenvalue weighted by Gasteiger charge is -2.00. The monoisotopic (exact) mass is 218 g/mol. The first-order chi connectivity index (χ1) is 7.90. The van der Waals surface area contributed by atoms with E-state index in [0.717, 1.165) is 43.8 Å². The molecule has 3 heteroatoms. The second kappa shape index (κ2) is 5.68. The van der Waals surface area contributed by atoms with Gasteiger partial charge in [0, 0.05) is 5.39 Å². The molecule has 0 spiro atoms. The van der Waals surface area contributed by atoms with Gasteiger partial charge >= 0.3 is 0 Å². The predicted molar refractivity (Wildman–Crippen MR) is 66.2 cm³/mol. The van der Waals surface area contributed by atoms with Gasteiger partial charge in [-0.2, -0.15) is 0 Å². The van der Waals surface area contributed by atoms with E-state index in [2.05, 4.69) is 17.4 Å². The van der Waals surface area contributed by atoms with Gasteiger partial charge in [0.15, 0.2) is 0 Å². The summed E-state index contributed by atoms with van der Waals surface area (Å²) in [6.45, 7) is 2.56. The summed E-state index contributed by atoms with van der Waals surface area (Å²) in [6.07, 6.45) is 2.20. The third kappa shape index (κ3) is 2.84. The number of hydrogen-bond donors (Lipinski definition) is 2. The summed E-state index contributed by atoms with van der Waals surface area (Å²) in [7, 11) is 0. The van der Waals surface area contributed by atoms with Crippen LogP contribution in [0.5, 0.6) is 0 Å². The zero-order valence-corrected chi connectivity index (χ0v) is 9.41. The molecular weight excluding hydrogens is 200 g/mol. The van der Waals surface area contributed by atoms with Crippen molar-refractivity contribution < 1.29 is 4.42 Å². The average Bonchev–Trinajstić information content (AvgIpc) is 2.71. The standard InChI is InChI=1S/C13H18N2O/c14-7-3-4-8-15-10-12-9-11-5-1-2-6-13(11)16-12/h1-2,5-6,9,15H,3-4,7-8,10,14H2. The van der Waals surface area contributed by atoms with E-state index in [9.17, 15) is 0 Å². The van der Waals surface area contributed by atoms with Crippen LogP contribution in [0.25, 0.3) is 11.0 Å². The maximum atomic E-state index is 5.69. The molecule has 0 fully saturated rings. The molecular formula is C13H18N2O. The first-order valence-corrected chi connectivity index (χ1v) is 5.78. The highest BCUT2D eigenvalue weighted by Gasteiger charge is 2.01. The number of nitrogens with two attached hydrogens (primary N) is 1. The van der Waals surface area contributed by atoms with Crippen molar-refractivity contribution >= 4 is 11.0 Å². The van der Waals surface area contributed by atoms with Gasteiger partial charge in [0.2, 0.25) is 0 Å². The average molecular weight is 218 g/mol. The van der Waals surface area contributed by atoms with Gasteiger partial charge in [-0.1, -0.05) is 18.2 Å². The number of furan rings is 1. The van der Waals surface area contributed by atoms with Crippen LogP contribution in [0.3, 0.4) is 0 Å². The fourth-order valence-electron chi connectivity index (χ4n) is 1.73. The lowest BCUT2D eigenvalue weighted by atomic mass is 10.2. The predicted octanol–water partition coefficient (Wildman–Crippen LogP) is 2.26. The highest BCUT2D eigenvalue weighted by atomic mass is 16.3. The molecule has 86 valence electrons. The molecule has 1 aromatic carbocycles. The Balaban J connectivity index is 1.85. The molecule has 0 aliphatic rings. The molecule has 0 unspecified atom stereocenters. The van der Waals surface area contributed by atoms with Crippen LogP contribution in [-0.2, 0) is 6.54 Å². The zero-order chi connectivity index (χ0) is 11.2. The van der Waals surface area contributed by atoms with E-state index in [4.69, 9.17) is 10.2 Å². The molecule has 0 saturated carbocycles. The SMILES string of the molecule is NCCCCNCc1cc2ccccc2o1. The van der Waals surface area contributed by atoms with Crippen molar-refractivity contribution in [3.63, 3.8) is 0 Å². The Hall–Kier alpha value is -1.32. The number of para-hydroxylation sites is 1. The smallest absolute Gasteiger partial charge is 0.134 e. The molecule has 0 radical (unpaired) electrons. The van der Waals surface area contributed by atoms with Crippen LogP contribution >= 0.6 is 0 Å². The largest absolute Gasteiger partial charge is 0.460 e. The molecule has 0 aliphatic heterocycles. The molecule has 16 heavy (non-hydrogen) atoms. The second-order valence-corrected chi connectivity index (χ2v) is 3.92. The first kappa shape index (κ1) is 11.2. The van der Waals surface area contributed by atoms with Crippen molar-refractivity contribution in [3.8, 4) is 0 Å². The van der Waals surface area contributed by atoms with Gasteiger partial charge in [0.05, 0.1) is 6.54 Å². The van der Waals surface area contributed by atoms with Crippen molar-refractivity contribution in [3.05, 3.63) is 36.1 Å². The highest BCUT2D eigenvalue weighted by molar-refractivity contribution is 5.77. The van der Waals surface area contributed by atoms with Gasteiger partial charge in [0.25, 0.3) is 0 Å². The molecule has 3 nitrogen and oxygen atoms in total. The van der Waals surface area contributed by atoms with Crippen LogP contribution in [-0.4, -0.2) is 13.1 Å². The van der Waals surface area contributed by atoms with Crippen LogP contribution in [0.15, 0.2) is 34.7 Å². The van der Waals surface area contributed by atoms with E-state index in [1.165, 1.54) is 5.39 Å². The molecule has 1 aromatic heterocycles. The number of hydrogen-bond acceptors (Lipinski definition) is 3. The summed E-state index contributed by atoms with van der Waals surface area (Å²) in [5.41, 5.74) is 6.39. The number of fused-ring (bicyclic) bond motifs is 1. The van der Waals surface area contributed by atoms with E-state index in [1.807, 2.05) is 18.2 Å². The fraction of sp³-hybridized carbons (Fsp3) is 0.385. The normalized spacial score (nSPS) is 11.1. The van der Waals surface area contributed by atoms with Crippen LogP contribution in [0.1, 0.15) is 18.6 Å². The Bertz CT molecular complexity index is 403. The summed E-state index contributed by atoms with van der Waals surface area (Å²) < 4.78 is 5.69. The maximum Gasteiger partial charge on any atom is 0.134 e. The van der Waals surface area contributed by atoms with Crippen molar-refractivity contribution in [1.82, 2.24) is 5.32 Å². The van der Waals surface area contributed by atoms with Gasteiger partial charge in [-0.25, -0.2) is 0 Å². The Morgan fingerprint density at radius 1 is 1.19 bits per heavy atom. The van der Waals surface area contributed by atoms with Gasteiger partial charge < -0.3 is 15.5 Å². The molecule has 1 heterocycles. The third-order valence-electron chi connectivity index (χ3n) is 2.58. The summed E-state index contributed by atoms with van der Waals surface area (Å²) in [6, 6.07) is 10.2. The van der Waals surface area contributed by atoms with Crippen LogP contribution in [0.2, 0.25) is 0 Å². The van der Waals surface area contributed by atoms with Gasteiger partial charge in [-0.15, -0.1) is 0 Å². The van der Waals surface area contributed by atoms with E-state index < -0.39 is 0 Å². The van der Waals surface area contributed by atoms with Crippen molar-refractivity contribution in [2.75, 3.05) is 13.1 Å². The van der Waals surface area contributed by atoms with Crippen molar-refractivity contribution in [2.45, 2.75) is 19.4 Å². The van der Waals surface area contributed by atoms with Crippen LogP contribution in [0.4, 0.5) is 0 Å². The first-order valence-electron chi connectivity index (χ1n) is 5.78. The van der Waals surface area contributed by atoms with E-state index >= 15 is 0 Å². The van der Waals surface area contributed by atoms with Gasteiger partial charge in [-0.05, 0) is 38.1 Å². The fourth-order valence-corrected chi connectivity index (χ4v) is 1.73. The Labute approximate surface area is 95.6 Å². The molecule has 0 saturated heterocycles. The topological polar surface area (TPSA) is 51.2 Å². The van der Waals surface area contributed by atoms with E-state index in [1.54, 1.807) is 0 Å². The molecule has 2 rings (SSSR count). The molecule has 2 aromatic rings. The summed E-state index contributed by atoms with van der Waals surface area (Å²) in [5, 5.41) is 4.52. The molecule has 0 bridgehead atoms. The van der Waals surface area contributed by atoms with Gasteiger partial charge in [0.1, 0.15) is 11.3 Å².